The van der Waals surface area contributed by atoms with Gasteiger partial charge >= 0.3 is 0 Å². The standard InChI is InChI=1S/C28H31N7O/c1-2-16(3-1)21-14-30-15-23-25(21)28(35-10-8-29-9-11-35)34-27(33-23)18-6-7-31-26-19(18)13-22(32-26)20-12-17-4-5-24(20)36-17/h6-7,13-17,20,24,29H,1-5,8-12H2,(H,31,32). The third kappa shape index (κ3) is 3.27. The van der Waals surface area contributed by atoms with Crippen molar-refractivity contribution in [1.29, 1.82) is 0 Å². The molecule has 0 aromatic carbocycles. The number of nitrogens with zero attached hydrogens (tertiary/aromatic N) is 5. The van der Waals surface area contributed by atoms with Crippen molar-refractivity contribution < 1.29 is 4.74 Å². The lowest BCUT2D eigenvalue weighted by atomic mass is 9.79. The Hall–Kier alpha value is -3.10. The highest BCUT2D eigenvalue weighted by atomic mass is 16.5. The lowest BCUT2D eigenvalue weighted by Crippen LogP contribution is -2.44. The zero-order chi connectivity index (χ0) is 23.6. The zero-order valence-electron chi connectivity index (χ0n) is 20.4. The van der Waals surface area contributed by atoms with Gasteiger partial charge in [-0.25, -0.2) is 15.0 Å². The van der Waals surface area contributed by atoms with Gasteiger partial charge < -0.3 is 19.9 Å². The molecule has 8 rings (SSSR count). The van der Waals surface area contributed by atoms with Gasteiger partial charge in [0.25, 0.3) is 0 Å². The predicted octanol–water partition coefficient (Wildman–Crippen LogP) is 4.28. The molecule has 0 radical (unpaired) electrons. The third-order valence-corrected chi connectivity index (χ3v) is 8.88. The summed E-state index contributed by atoms with van der Waals surface area (Å²) in [5.74, 6) is 2.81. The third-order valence-electron chi connectivity index (χ3n) is 8.88. The number of anilines is 1. The molecule has 4 aliphatic rings. The van der Waals surface area contributed by atoms with Crippen molar-refractivity contribution in [3.8, 4) is 11.4 Å². The second-order valence-corrected chi connectivity index (χ2v) is 10.9. The summed E-state index contributed by atoms with van der Waals surface area (Å²) in [6, 6.07) is 4.33. The number of ether oxygens (including phenoxy) is 1. The van der Waals surface area contributed by atoms with E-state index < -0.39 is 0 Å². The van der Waals surface area contributed by atoms with E-state index in [2.05, 4.69) is 43.5 Å². The molecule has 4 fully saturated rings. The van der Waals surface area contributed by atoms with E-state index in [0.29, 0.717) is 24.0 Å². The molecule has 36 heavy (non-hydrogen) atoms. The molecule has 1 saturated carbocycles. The minimum atomic E-state index is 0.332. The number of fused-ring (bicyclic) bond motifs is 4. The van der Waals surface area contributed by atoms with Crippen LogP contribution in [0.2, 0.25) is 0 Å². The summed E-state index contributed by atoms with van der Waals surface area (Å²) in [4.78, 5) is 25.7. The number of rotatable bonds is 4. The Labute approximate surface area is 209 Å². The van der Waals surface area contributed by atoms with Crippen LogP contribution in [-0.2, 0) is 4.74 Å². The molecule has 184 valence electrons. The van der Waals surface area contributed by atoms with Crippen molar-refractivity contribution in [1.82, 2.24) is 30.2 Å². The van der Waals surface area contributed by atoms with Crippen LogP contribution >= 0.6 is 0 Å². The number of nitrogens with one attached hydrogen (secondary N) is 2. The Kier molecular flexibility index (Phi) is 4.80. The Morgan fingerprint density at radius 2 is 1.94 bits per heavy atom. The zero-order valence-corrected chi connectivity index (χ0v) is 20.4. The van der Waals surface area contributed by atoms with Crippen molar-refractivity contribution in [3.05, 3.63) is 42.0 Å². The first-order valence-corrected chi connectivity index (χ1v) is 13.6. The van der Waals surface area contributed by atoms with Crippen LogP contribution in [-0.4, -0.2) is 63.3 Å². The highest BCUT2D eigenvalue weighted by Crippen LogP contribution is 2.45. The van der Waals surface area contributed by atoms with Gasteiger partial charge in [-0.3, -0.25) is 4.98 Å². The number of hydrogen-bond acceptors (Lipinski definition) is 7. The van der Waals surface area contributed by atoms with E-state index in [1.807, 2.05) is 12.4 Å². The molecule has 3 saturated heterocycles. The van der Waals surface area contributed by atoms with Crippen LogP contribution in [0, 0.1) is 0 Å². The van der Waals surface area contributed by atoms with Crippen LogP contribution in [0.1, 0.15) is 61.6 Å². The molecule has 3 aliphatic heterocycles. The van der Waals surface area contributed by atoms with Crippen LogP contribution in [0.15, 0.2) is 30.7 Å². The highest BCUT2D eigenvalue weighted by molar-refractivity contribution is 5.97. The van der Waals surface area contributed by atoms with E-state index in [4.69, 9.17) is 14.7 Å². The number of aromatic nitrogens is 5. The summed E-state index contributed by atoms with van der Waals surface area (Å²) < 4.78 is 6.14. The molecule has 2 N–H and O–H groups in total. The fourth-order valence-corrected chi connectivity index (χ4v) is 6.75. The van der Waals surface area contributed by atoms with E-state index in [-0.39, 0.29) is 0 Å². The highest BCUT2D eigenvalue weighted by Gasteiger charge is 2.42. The molecule has 7 heterocycles. The van der Waals surface area contributed by atoms with Crippen LogP contribution in [0.4, 0.5) is 5.82 Å². The van der Waals surface area contributed by atoms with Crippen molar-refractivity contribution in [3.63, 3.8) is 0 Å². The Balaban J connectivity index is 1.28. The lowest BCUT2D eigenvalue weighted by Gasteiger charge is -2.32. The number of pyridine rings is 2. The Morgan fingerprint density at radius 3 is 2.72 bits per heavy atom. The van der Waals surface area contributed by atoms with Gasteiger partial charge in [-0.15, -0.1) is 0 Å². The second kappa shape index (κ2) is 8.21. The molecule has 3 unspecified atom stereocenters. The quantitative estimate of drug-likeness (QED) is 0.449. The van der Waals surface area contributed by atoms with E-state index in [9.17, 15) is 0 Å². The maximum atomic E-state index is 6.14. The van der Waals surface area contributed by atoms with E-state index >= 15 is 0 Å². The molecule has 8 nitrogen and oxygen atoms in total. The molecule has 1 aliphatic carbocycles. The molecule has 4 aromatic heterocycles. The number of hydrogen-bond donors (Lipinski definition) is 2. The Bertz CT molecular complexity index is 1460. The summed E-state index contributed by atoms with van der Waals surface area (Å²) in [7, 11) is 0. The van der Waals surface area contributed by atoms with Gasteiger partial charge in [-0.05, 0) is 55.7 Å². The van der Waals surface area contributed by atoms with Gasteiger partial charge in [0.15, 0.2) is 5.82 Å². The molecule has 0 spiro atoms. The summed E-state index contributed by atoms with van der Waals surface area (Å²) in [6.45, 7) is 3.83. The summed E-state index contributed by atoms with van der Waals surface area (Å²) in [6.07, 6.45) is 13.8. The molecule has 2 bridgehead atoms. The van der Waals surface area contributed by atoms with Crippen molar-refractivity contribution >= 4 is 27.8 Å². The Morgan fingerprint density at radius 1 is 1.03 bits per heavy atom. The predicted molar refractivity (Wildman–Crippen MR) is 139 cm³/mol. The van der Waals surface area contributed by atoms with E-state index in [1.54, 1.807) is 0 Å². The SMILES string of the molecule is c1cc(-c2nc(N3CCNCC3)c3c(C4CCC4)cncc3n2)c2cc(C3CC4CCC3O4)[nH]c2n1. The fourth-order valence-electron chi connectivity index (χ4n) is 6.75. The van der Waals surface area contributed by atoms with E-state index in [1.165, 1.54) is 42.3 Å². The van der Waals surface area contributed by atoms with Crippen LogP contribution in [0.5, 0.6) is 0 Å². The van der Waals surface area contributed by atoms with Gasteiger partial charge in [-0.1, -0.05) is 6.42 Å². The fraction of sp³-hybridized carbons (Fsp3) is 0.500. The van der Waals surface area contributed by atoms with Crippen molar-refractivity contribution in [2.45, 2.75) is 62.6 Å². The van der Waals surface area contributed by atoms with Crippen LogP contribution < -0.4 is 10.2 Å². The normalized spacial score (nSPS) is 26.2. The maximum absolute atomic E-state index is 6.14. The largest absolute Gasteiger partial charge is 0.374 e. The first-order chi connectivity index (χ1) is 17.8. The van der Waals surface area contributed by atoms with Gasteiger partial charge in [0, 0.05) is 66.5 Å². The molecule has 8 heteroatoms. The summed E-state index contributed by atoms with van der Waals surface area (Å²) in [5, 5.41) is 5.76. The molecule has 4 aromatic rings. The van der Waals surface area contributed by atoms with Gasteiger partial charge in [0.1, 0.15) is 11.5 Å². The lowest BCUT2D eigenvalue weighted by molar-refractivity contribution is 0.100. The first-order valence-electron chi connectivity index (χ1n) is 13.6. The number of aromatic amines is 1. The van der Waals surface area contributed by atoms with Gasteiger partial charge in [-0.2, -0.15) is 0 Å². The molecular weight excluding hydrogens is 450 g/mol. The minimum absolute atomic E-state index is 0.332. The van der Waals surface area contributed by atoms with Crippen LogP contribution in [0.25, 0.3) is 33.3 Å². The average molecular weight is 482 g/mol. The summed E-state index contributed by atoms with van der Waals surface area (Å²) in [5.41, 5.74) is 5.42. The first kappa shape index (κ1) is 21.0. The maximum Gasteiger partial charge on any atom is 0.163 e. The topological polar surface area (TPSA) is 91.9 Å². The average Bonchev–Trinajstić information content (AvgIpc) is 3.63. The number of H-pyrrole nitrogens is 1. The van der Waals surface area contributed by atoms with Gasteiger partial charge in [0.2, 0.25) is 0 Å². The molecular formula is C28H31N7O. The number of piperazine rings is 1. The summed E-state index contributed by atoms with van der Waals surface area (Å²) >= 11 is 0. The van der Waals surface area contributed by atoms with Gasteiger partial charge in [0.05, 0.1) is 23.9 Å². The minimum Gasteiger partial charge on any atom is -0.374 e. The van der Waals surface area contributed by atoms with Crippen molar-refractivity contribution in [2.75, 3.05) is 31.1 Å². The monoisotopic (exact) mass is 481 g/mol. The van der Waals surface area contributed by atoms with E-state index in [0.717, 1.165) is 72.8 Å². The van der Waals surface area contributed by atoms with Crippen molar-refractivity contribution in [2.24, 2.45) is 0 Å². The second-order valence-electron chi connectivity index (χ2n) is 10.9. The smallest absolute Gasteiger partial charge is 0.163 e. The molecule has 0 amide bonds. The van der Waals surface area contributed by atoms with Crippen LogP contribution in [0.3, 0.4) is 0 Å². The molecule has 3 atom stereocenters.